The summed E-state index contributed by atoms with van der Waals surface area (Å²) in [4.78, 5) is 0. The maximum atomic E-state index is 5.49. The van der Waals surface area contributed by atoms with Crippen LogP contribution < -0.4 is 5.32 Å². The molecule has 2 heteroatoms. The van der Waals surface area contributed by atoms with Gasteiger partial charge in [-0.2, -0.15) is 0 Å². The van der Waals surface area contributed by atoms with E-state index in [1.165, 1.54) is 5.56 Å². The van der Waals surface area contributed by atoms with Gasteiger partial charge < -0.3 is 9.73 Å². The van der Waals surface area contributed by atoms with Gasteiger partial charge >= 0.3 is 0 Å². The fourth-order valence-electron chi connectivity index (χ4n) is 1.78. The topological polar surface area (TPSA) is 25.2 Å². The number of rotatable bonds is 4. The lowest BCUT2D eigenvalue weighted by molar-refractivity contribution is 0.424. The molecule has 0 aliphatic heterocycles. The van der Waals surface area contributed by atoms with Crippen molar-refractivity contribution in [1.29, 1.82) is 0 Å². The number of benzene rings is 1. The molecule has 0 amide bonds. The first-order valence-corrected chi connectivity index (χ1v) is 5.62. The maximum Gasteiger partial charge on any atom is 0.125 e. The van der Waals surface area contributed by atoms with E-state index in [2.05, 4.69) is 31.3 Å². The summed E-state index contributed by atoms with van der Waals surface area (Å²) in [7, 11) is 0. The zero-order chi connectivity index (χ0) is 11.4. The highest BCUT2D eigenvalue weighted by Gasteiger charge is 2.16. The van der Waals surface area contributed by atoms with Gasteiger partial charge in [0.1, 0.15) is 5.76 Å². The molecular weight excluding hydrogens is 198 g/mol. The molecule has 1 unspecified atom stereocenters. The van der Waals surface area contributed by atoms with E-state index in [1.807, 2.05) is 30.3 Å². The predicted molar refractivity (Wildman–Crippen MR) is 65.3 cm³/mol. The summed E-state index contributed by atoms with van der Waals surface area (Å²) < 4.78 is 5.49. The Morgan fingerprint density at radius 3 is 2.31 bits per heavy atom. The predicted octanol–water partition coefficient (Wildman–Crippen LogP) is 3.37. The van der Waals surface area contributed by atoms with Gasteiger partial charge in [0.15, 0.2) is 0 Å². The fraction of sp³-hybridized carbons (Fsp3) is 0.286. The average Bonchev–Trinajstić information content (AvgIpc) is 2.80. The van der Waals surface area contributed by atoms with Gasteiger partial charge in [-0.3, -0.25) is 0 Å². The van der Waals surface area contributed by atoms with Crippen LogP contribution in [0.2, 0.25) is 0 Å². The molecule has 1 N–H and O–H groups in total. The molecule has 1 aromatic carbocycles. The Balaban J connectivity index is 2.29. The second-order valence-corrected chi connectivity index (χ2v) is 4.18. The Morgan fingerprint density at radius 1 is 1.00 bits per heavy atom. The molecule has 16 heavy (non-hydrogen) atoms. The van der Waals surface area contributed by atoms with E-state index in [-0.39, 0.29) is 6.04 Å². The lowest BCUT2D eigenvalue weighted by Gasteiger charge is -2.19. The second kappa shape index (κ2) is 4.99. The van der Waals surface area contributed by atoms with Gasteiger partial charge in [-0.05, 0) is 31.5 Å². The maximum absolute atomic E-state index is 5.49. The molecule has 0 aliphatic carbocycles. The minimum absolute atomic E-state index is 0.135. The van der Waals surface area contributed by atoms with Crippen molar-refractivity contribution in [2.75, 3.05) is 0 Å². The largest absolute Gasteiger partial charge is 0.467 e. The van der Waals surface area contributed by atoms with Crippen molar-refractivity contribution in [2.24, 2.45) is 0 Å². The third-order valence-corrected chi connectivity index (χ3v) is 2.46. The highest BCUT2D eigenvalue weighted by molar-refractivity contribution is 5.26. The number of hydrogen-bond acceptors (Lipinski definition) is 2. The molecule has 2 aromatic rings. The van der Waals surface area contributed by atoms with Crippen molar-refractivity contribution in [2.45, 2.75) is 25.9 Å². The SMILES string of the molecule is CC(C)NC(c1ccccc1)c1ccco1. The Kier molecular flexibility index (Phi) is 3.42. The molecule has 2 rings (SSSR count). The van der Waals surface area contributed by atoms with E-state index in [4.69, 9.17) is 4.42 Å². The standard InChI is InChI=1S/C14H17NO/c1-11(2)15-14(13-9-6-10-16-13)12-7-4-3-5-8-12/h3-11,14-15H,1-2H3. The van der Waals surface area contributed by atoms with E-state index >= 15 is 0 Å². The van der Waals surface area contributed by atoms with Gasteiger partial charge in [-0.1, -0.05) is 30.3 Å². The van der Waals surface area contributed by atoms with Crippen LogP contribution in [0.25, 0.3) is 0 Å². The summed E-state index contributed by atoms with van der Waals surface area (Å²) in [6, 6.07) is 14.8. The molecule has 0 saturated heterocycles. The molecule has 1 heterocycles. The molecule has 0 aliphatic rings. The van der Waals surface area contributed by atoms with Gasteiger partial charge in [0, 0.05) is 6.04 Å². The van der Waals surface area contributed by atoms with Crippen LogP contribution in [0.5, 0.6) is 0 Å². The normalized spacial score (nSPS) is 12.9. The van der Waals surface area contributed by atoms with Crippen LogP contribution in [0.4, 0.5) is 0 Å². The summed E-state index contributed by atoms with van der Waals surface area (Å²) in [5.74, 6) is 0.958. The smallest absolute Gasteiger partial charge is 0.125 e. The van der Waals surface area contributed by atoms with Crippen LogP contribution in [0.3, 0.4) is 0 Å². The van der Waals surface area contributed by atoms with Crippen molar-refractivity contribution >= 4 is 0 Å². The van der Waals surface area contributed by atoms with Crippen molar-refractivity contribution < 1.29 is 4.42 Å². The van der Waals surface area contributed by atoms with Crippen molar-refractivity contribution in [3.63, 3.8) is 0 Å². The molecule has 2 nitrogen and oxygen atoms in total. The first-order valence-electron chi connectivity index (χ1n) is 5.62. The van der Waals surface area contributed by atoms with Gasteiger partial charge in [0.05, 0.1) is 12.3 Å². The van der Waals surface area contributed by atoms with Crippen LogP contribution in [-0.4, -0.2) is 6.04 Å². The van der Waals surface area contributed by atoms with Crippen LogP contribution in [-0.2, 0) is 0 Å². The first kappa shape index (κ1) is 11.0. The zero-order valence-electron chi connectivity index (χ0n) is 9.68. The van der Waals surface area contributed by atoms with Gasteiger partial charge in [-0.15, -0.1) is 0 Å². The van der Waals surface area contributed by atoms with Crippen LogP contribution in [0.15, 0.2) is 53.1 Å². The molecule has 0 radical (unpaired) electrons. The Labute approximate surface area is 96.3 Å². The monoisotopic (exact) mass is 215 g/mol. The van der Waals surface area contributed by atoms with E-state index < -0.39 is 0 Å². The van der Waals surface area contributed by atoms with Gasteiger partial charge in [0.2, 0.25) is 0 Å². The van der Waals surface area contributed by atoms with Gasteiger partial charge in [-0.25, -0.2) is 0 Å². The minimum Gasteiger partial charge on any atom is -0.467 e. The zero-order valence-corrected chi connectivity index (χ0v) is 9.68. The third kappa shape index (κ3) is 2.52. The van der Waals surface area contributed by atoms with Gasteiger partial charge in [0.25, 0.3) is 0 Å². The quantitative estimate of drug-likeness (QED) is 0.846. The van der Waals surface area contributed by atoms with E-state index in [1.54, 1.807) is 6.26 Å². The molecular formula is C14H17NO. The third-order valence-electron chi connectivity index (χ3n) is 2.46. The average molecular weight is 215 g/mol. The molecule has 0 fully saturated rings. The molecule has 1 aromatic heterocycles. The van der Waals surface area contributed by atoms with Crippen molar-refractivity contribution in [3.05, 3.63) is 60.1 Å². The summed E-state index contributed by atoms with van der Waals surface area (Å²) in [5, 5.41) is 3.50. The number of nitrogens with one attached hydrogen (secondary N) is 1. The minimum atomic E-state index is 0.135. The number of hydrogen-bond donors (Lipinski definition) is 1. The van der Waals surface area contributed by atoms with E-state index in [0.29, 0.717) is 6.04 Å². The van der Waals surface area contributed by atoms with Crippen LogP contribution in [0.1, 0.15) is 31.2 Å². The summed E-state index contributed by atoms with van der Waals surface area (Å²) in [6.07, 6.45) is 1.72. The Morgan fingerprint density at radius 2 is 1.75 bits per heavy atom. The van der Waals surface area contributed by atoms with Crippen molar-refractivity contribution in [1.82, 2.24) is 5.32 Å². The first-order chi connectivity index (χ1) is 7.77. The Hall–Kier alpha value is -1.54. The van der Waals surface area contributed by atoms with Crippen LogP contribution >= 0.6 is 0 Å². The molecule has 1 atom stereocenters. The molecule has 0 saturated carbocycles. The fourth-order valence-corrected chi connectivity index (χ4v) is 1.78. The second-order valence-electron chi connectivity index (χ2n) is 4.18. The van der Waals surface area contributed by atoms with E-state index in [0.717, 1.165) is 5.76 Å². The Bertz CT molecular complexity index is 406. The lowest BCUT2D eigenvalue weighted by atomic mass is 10.0. The molecule has 0 bridgehead atoms. The lowest BCUT2D eigenvalue weighted by Crippen LogP contribution is -2.28. The van der Waals surface area contributed by atoms with Crippen molar-refractivity contribution in [3.8, 4) is 0 Å². The number of furan rings is 1. The summed E-state index contributed by atoms with van der Waals surface area (Å²) in [6.45, 7) is 4.28. The molecule has 0 spiro atoms. The van der Waals surface area contributed by atoms with E-state index in [9.17, 15) is 0 Å². The molecule has 84 valence electrons. The summed E-state index contributed by atoms with van der Waals surface area (Å²) in [5.41, 5.74) is 1.23. The van der Waals surface area contributed by atoms with Crippen LogP contribution in [0, 0.1) is 0 Å². The summed E-state index contributed by atoms with van der Waals surface area (Å²) >= 11 is 0. The highest BCUT2D eigenvalue weighted by Crippen LogP contribution is 2.22. The highest BCUT2D eigenvalue weighted by atomic mass is 16.3.